The standard InChI is InChI=1S/C25H26N4O7S2/c1-4-36-20-11-9-19(10-12-20)26-27-23(24(30)28-37(32,33)21-13-5-17(2)6-14-21)25(31)29-38(34,35)22-15-7-18(3)8-16-22/h5-16,26H,4H2,1-3H3,(H,28,30)(H,29,31). The number of sulfonamides is 2. The highest BCUT2D eigenvalue weighted by Crippen LogP contribution is 2.16. The highest BCUT2D eigenvalue weighted by atomic mass is 32.2. The summed E-state index contributed by atoms with van der Waals surface area (Å²) in [4.78, 5) is 25.4. The van der Waals surface area contributed by atoms with Crippen LogP contribution in [0.15, 0.2) is 87.7 Å². The van der Waals surface area contributed by atoms with Crippen molar-refractivity contribution in [2.45, 2.75) is 30.6 Å². The first kappa shape index (κ1) is 28.3. The minimum atomic E-state index is -4.40. The molecule has 0 unspecified atom stereocenters. The fourth-order valence-corrected chi connectivity index (χ4v) is 4.92. The van der Waals surface area contributed by atoms with Gasteiger partial charge < -0.3 is 4.74 Å². The second-order valence-corrected chi connectivity index (χ2v) is 11.4. The topological polar surface area (TPSA) is 160 Å². The third kappa shape index (κ3) is 7.40. The van der Waals surface area contributed by atoms with Crippen LogP contribution in [-0.2, 0) is 29.6 Å². The second-order valence-electron chi connectivity index (χ2n) is 8.02. The molecule has 0 heterocycles. The molecule has 0 bridgehead atoms. The van der Waals surface area contributed by atoms with Crippen LogP contribution in [0.4, 0.5) is 5.69 Å². The molecule has 0 saturated heterocycles. The van der Waals surface area contributed by atoms with Gasteiger partial charge in [0.15, 0.2) is 0 Å². The number of amides is 2. The summed E-state index contributed by atoms with van der Waals surface area (Å²) < 4.78 is 59.7. The zero-order chi connectivity index (χ0) is 27.9. The summed E-state index contributed by atoms with van der Waals surface area (Å²) in [6, 6.07) is 17.5. The van der Waals surface area contributed by atoms with Crippen molar-refractivity contribution in [1.29, 1.82) is 0 Å². The van der Waals surface area contributed by atoms with Crippen molar-refractivity contribution in [2.75, 3.05) is 12.0 Å². The average molecular weight is 559 g/mol. The maximum absolute atomic E-state index is 12.9. The molecule has 11 nitrogen and oxygen atoms in total. The molecule has 0 fully saturated rings. The van der Waals surface area contributed by atoms with Crippen molar-refractivity contribution in [3.8, 4) is 5.75 Å². The van der Waals surface area contributed by atoms with E-state index in [4.69, 9.17) is 4.74 Å². The number of hydrazone groups is 1. The smallest absolute Gasteiger partial charge is 0.291 e. The Labute approximate surface area is 221 Å². The van der Waals surface area contributed by atoms with Crippen LogP contribution in [0.25, 0.3) is 0 Å². The maximum atomic E-state index is 12.9. The molecule has 3 N–H and O–H groups in total. The van der Waals surface area contributed by atoms with E-state index in [1.54, 1.807) is 35.4 Å². The van der Waals surface area contributed by atoms with E-state index in [9.17, 15) is 26.4 Å². The lowest BCUT2D eigenvalue weighted by Gasteiger charge is -2.11. The van der Waals surface area contributed by atoms with E-state index >= 15 is 0 Å². The molecule has 0 aromatic heterocycles. The lowest BCUT2D eigenvalue weighted by molar-refractivity contribution is -0.117. The van der Waals surface area contributed by atoms with E-state index in [1.165, 1.54) is 60.7 Å². The third-order valence-corrected chi connectivity index (χ3v) is 7.70. The predicted molar refractivity (Wildman–Crippen MR) is 142 cm³/mol. The summed E-state index contributed by atoms with van der Waals surface area (Å²) in [7, 11) is -8.81. The van der Waals surface area contributed by atoms with Crippen LogP contribution < -0.4 is 19.6 Å². The van der Waals surface area contributed by atoms with Crippen molar-refractivity contribution < 1.29 is 31.2 Å². The molecule has 3 aromatic carbocycles. The van der Waals surface area contributed by atoms with Gasteiger partial charge in [-0.05, 0) is 69.3 Å². The summed E-state index contributed by atoms with van der Waals surface area (Å²) in [6.45, 7) is 5.77. The van der Waals surface area contributed by atoms with Crippen molar-refractivity contribution in [2.24, 2.45) is 5.10 Å². The minimum Gasteiger partial charge on any atom is -0.494 e. The van der Waals surface area contributed by atoms with Gasteiger partial charge in [-0.1, -0.05) is 35.4 Å². The van der Waals surface area contributed by atoms with Crippen LogP contribution in [-0.4, -0.2) is 41.0 Å². The Morgan fingerprint density at radius 3 is 1.53 bits per heavy atom. The van der Waals surface area contributed by atoms with Gasteiger partial charge >= 0.3 is 0 Å². The quantitative estimate of drug-likeness (QED) is 0.194. The third-order valence-electron chi connectivity index (χ3n) is 5.01. The van der Waals surface area contributed by atoms with Crippen molar-refractivity contribution in [3.05, 3.63) is 83.9 Å². The van der Waals surface area contributed by atoms with Gasteiger partial charge in [-0.25, -0.2) is 26.3 Å². The van der Waals surface area contributed by atoms with Gasteiger partial charge in [0, 0.05) is 0 Å². The van der Waals surface area contributed by atoms with Gasteiger partial charge in [0.2, 0.25) is 5.71 Å². The molecule has 200 valence electrons. The normalized spacial score (nSPS) is 11.2. The van der Waals surface area contributed by atoms with E-state index in [0.717, 1.165) is 11.1 Å². The number of ether oxygens (including phenoxy) is 1. The SMILES string of the molecule is CCOc1ccc(NN=C(C(=O)NS(=O)(=O)c2ccc(C)cc2)C(=O)NS(=O)(=O)c2ccc(C)cc2)cc1. The first-order chi connectivity index (χ1) is 17.9. The summed E-state index contributed by atoms with van der Waals surface area (Å²) in [5.74, 6) is -2.33. The van der Waals surface area contributed by atoms with E-state index in [-0.39, 0.29) is 9.79 Å². The first-order valence-electron chi connectivity index (χ1n) is 11.3. The lowest BCUT2D eigenvalue weighted by Crippen LogP contribution is -2.46. The van der Waals surface area contributed by atoms with Crippen LogP contribution in [0, 0.1) is 13.8 Å². The molecule has 2 amide bonds. The lowest BCUT2D eigenvalue weighted by atomic mass is 10.2. The zero-order valence-corrected chi connectivity index (χ0v) is 22.4. The number of anilines is 1. The summed E-state index contributed by atoms with van der Waals surface area (Å²) >= 11 is 0. The zero-order valence-electron chi connectivity index (χ0n) is 20.8. The molecule has 0 atom stereocenters. The molecule has 0 aliphatic rings. The maximum Gasteiger partial charge on any atom is 0.291 e. The summed E-state index contributed by atoms with van der Waals surface area (Å²) in [5, 5.41) is 3.73. The first-order valence-corrected chi connectivity index (χ1v) is 14.2. The fourth-order valence-electron chi connectivity index (χ4n) is 3.01. The molecule has 38 heavy (non-hydrogen) atoms. The van der Waals surface area contributed by atoms with Crippen LogP contribution in [0.3, 0.4) is 0 Å². The average Bonchev–Trinajstić information content (AvgIpc) is 2.85. The minimum absolute atomic E-state index is 0.233. The Hall–Kier alpha value is -4.23. The number of carbonyl (C=O) groups is 2. The number of nitrogens with zero attached hydrogens (tertiary/aromatic N) is 1. The van der Waals surface area contributed by atoms with Crippen LogP contribution in [0.5, 0.6) is 5.75 Å². The Bertz CT molecular complexity index is 1460. The van der Waals surface area contributed by atoms with E-state index < -0.39 is 37.6 Å². The molecule has 13 heteroatoms. The predicted octanol–water partition coefficient (Wildman–Crippen LogP) is 2.48. The van der Waals surface area contributed by atoms with E-state index in [2.05, 4.69) is 10.5 Å². The molecule has 0 aliphatic carbocycles. The number of carbonyl (C=O) groups excluding carboxylic acids is 2. The van der Waals surface area contributed by atoms with E-state index in [1.807, 2.05) is 6.92 Å². The number of hydrogen-bond donors (Lipinski definition) is 3. The number of rotatable bonds is 10. The Morgan fingerprint density at radius 2 is 1.13 bits per heavy atom. The highest BCUT2D eigenvalue weighted by molar-refractivity contribution is 7.90. The molecule has 0 aliphatic heterocycles. The summed E-state index contributed by atoms with van der Waals surface area (Å²) in [5.41, 5.74) is 3.32. The Morgan fingerprint density at radius 1 is 0.711 bits per heavy atom. The Kier molecular flexibility index (Phi) is 8.86. The van der Waals surface area contributed by atoms with Crippen LogP contribution >= 0.6 is 0 Å². The van der Waals surface area contributed by atoms with Crippen molar-refractivity contribution in [1.82, 2.24) is 9.44 Å². The number of aryl methyl sites for hydroxylation is 2. The fraction of sp³-hybridized carbons (Fsp3) is 0.160. The number of benzene rings is 3. The van der Waals surface area contributed by atoms with Gasteiger partial charge in [0.05, 0.1) is 22.1 Å². The van der Waals surface area contributed by atoms with Gasteiger partial charge in [-0.2, -0.15) is 5.10 Å². The molecule has 3 aromatic rings. The van der Waals surface area contributed by atoms with Crippen molar-refractivity contribution >= 4 is 43.3 Å². The van der Waals surface area contributed by atoms with Gasteiger partial charge in [-0.3, -0.25) is 15.0 Å². The molecule has 3 rings (SSSR count). The molecule has 0 spiro atoms. The number of nitrogens with one attached hydrogen (secondary N) is 3. The molecular formula is C25H26N4O7S2. The molecule has 0 radical (unpaired) electrons. The van der Waals surface area contributed by atoms with Gasteiger partial charge in [-0.15, -0.1) is 0 Å². The highest BCUT2D eigenvalue weighted by Gasteiger charge is 2.29. The van der Waals surface area contributed by atoms with Crippen LogP contribution in [0.1, 0.15) is 18.1 Å². The van der Waals surface area contributed by atoms with Crippen LogP contribution in [0.2, 0.25) is 0 Å². The summed E-state index contributed by atoms with van der Waals surface area (Å²) in [6.07, 6.45) is 0. The number of hydrogen-bond acceptors (Lipinski definition) is 9. The molecular weight excluding hydrogens is 532 g/mol. The van der Waals surface area contributed by atoms with Gasteiger partial charge in [0.1, 0.15) is 5.75 Å². The second kappa shape index (κ2) is 11.9. The van der Waals surface area contributed by atoms with Crippen molar-refractivity contribution in [3.63, 3.8) is 0 Å². The molecule has 0 saturated carbocycles. The van der Waals surface area contributed by atoms with E-state index in [0.29, 0.717) is 18.0 Å². The monoisotopic (exact) mass is 558 g/mol. The largest absolute Gasteiger partial charge is 0.494 e. The van der Waals surface area contributed by atoms with Gasteiger partial charge in [0.25, 0.3) is 31.9 Å². The Balaban J connectivity index is 1.91.